The molecule has 0 amide bonds. The van der Waals surface area contributed by atoms with Crippen LogP contribution in [0.1, 0.15) is 11.3 Å². The van der Waals surface area contributed by atoms with Crippen LogP contribution in [-0.4, -0.2) is 19.9 Å². The van der Waals surface area contributed by atoms with E-state index in [9.17, 15) is 26.0 Å². The Labute approximate surface area is 162 Å². The molecule has 0 spiro atoms. The van der Waals surface area contributed by atoms with E-state index in [0.29, 0.717) is 16.3 Å². The van der Waals surface area contributed by atoms with Crippen molar-refractivity contribution in [3.63, 3.8) is 0 Å². The van der Waals surface area contributed by atoms with Crippen LogP contribution in [0, 0.1) is 5.82 Å². The van der Waals surface area contributed by atoms with Crippen LogP contribution in [0.4, 0.5) is 17.6 Å². The monoisotopic (exact) mass is 430 g/mol. The van der Waals surface area contributed by atoms with Gasteiger partial charge in [-0.05, 0) is 24.3 Å². The molecule has 0 saturated heterocycles. The van der Waals surface area contributed by atoms with Gasteiger partial charge in [0.15, 0.2) is 0 Å². The van der Waals surface area contributed by atoms with Crippen molar-refractivity contribution in [3.8, 4) is 10.6 Å². The van der Waals surface area contributed by atoms with Crippen molar-refractivity contribution in [3.05, 3.63) is 71.0 Å². The Balaban J connectivity index is 1.63. The molecule has 0 fully saturated rings. The summed E-state index contributed by atoms with van der Waals surface area (Å²) < 4.78 is 78.0. The van der Waals surface area contributed by atoms with Crippen LogP contribution in [-0.2, 0) is 22.6 Å². The van der Waals surface area contributed by atoms with E-state index in [1.165, 1.54) is 41.7 Å². The molecule has 1 heterocycles. The zero-order valence-corrected chi connectivity index (χ0v) is 15.8. The molecule has 0 atom stereocenters. The summed E-state index contributed by atoms with van der Waals surface area (Å²) in [4.78, 5) is 3.88. The van der Waals surface area contributed by atoms with Crippen LogP contribution < -0.4 is 4.72 Å². The number of rotatable bonds is 6. The maximum atomic E-state index is 13.6. The van der Waals surface area contributed by atoms with E-state index in [0.717, 1.165) is 18.2 Å². The van der Waals surface area contributed by atoms with Gasteiger partial charge in [-0.1, -0.05) is 24.3 Å². The second-order valence-corrected chi connectivity index (χ2v) is 8.39. The number of nitrogens with zero attached hydrogens (tertiary/aromatic N) is 1. The molecule has 10 heteroatoms. The van der Waals surface area contributed by atoms with Gasteiger partial charge < -0.3 is 0 Å². The molecular weight excluding hydrogens is 416 g/mol. The van der Waals surface area contributed by atoms with E-state index in [1.807, 2.05) is 0 Å². The Bertz CT molecular complexity index is 1060. The largest absolute Gasteiger partial charge is 0.416 e. The second kappa shape index (κ2) is 7.98. The van der Waals surface area contributed by atoms with Crippen LogP contribution >= 0.6 is 11.3 Å². The maximum absolute atomic E-state index is 13.6. The lowest BCUT2D eigenvalue weighted by Crippen LogP contribution is -2.26. The minimum Gasteiger partial charge on any atom is -0.241 e. The lowest BCUT2D eigenvalue weighted by Gasteiger charge is -2.07. The van der Waals surface area contributed by atoms with Gasteiger partial charge in [-0.3, -0.25) is 0 Å². The minimum atomic E-state index is -4.40. The van der Waals surface area contributed by atoms with Crippen molar-refractivity contribution < 1.29 is 26.0 Å². The second-order valence-electron chi connectivity index (χ2n) is 5.80. The molecular formula is C18H14F4N2O2S2. The number of benzene rings is 2. The number of nitrogens with one attached hydrogen (secondary N) is 1. The first-order valence-electron chi connectivity index (χ1n) is 8.03. The number of aromatic nitrogens is 1. The number of sulfonamides is 1. The van der Waals surface area contributed by atoms with Crippen molar-refractivity contribution in [2.24, 2.45) is 0 Å². The van der Waals surface area contributed by atoms with E-state index in [1.54, 1.807) is 5.38 Å². The Morgan fingerprint density at radius 3 is 2.36 bits per heavy atom. The molecule has 4 nitrogen and oxygen atoms in total. The molecule has 2 aromatic carbocycles. The average molecular weight is 430 g/mol. The molecule has 0 aliphatic heterocycles. The summed E-state index contributed by atoms with van der Waals surface area (Å²) in [7, 11) is -3.98. The van der Waals surface area contributed by atoms with Crippen molar-refractivity contribution in [1.29, 1.82) is 0 Å². The Kier molecular flexibility index (Phi) is 5.82. The van der Waals surface area contributed by atoms with Crippen LogP contribution in [0.2, 0.25) is 0 Å². The van der Waals surface area contributed by atoms with Gasteiger partial charge in [-0.25, -0.2) is 22.5 Å². The van der Waals surface area contributed by atoms with E-state index in [4.69, 9.17) is 0 Å². The molecule has 0 bridgehead atoms. The first-order valence-corrected chi connectivity index (χ1v) is 10.4. The normalized spacial score (nSPS) is 12.3. The van der Waals surface area contributed by atoms with E-state index in [2.05, 4.69) is 9.71 Å². The molecule has 0 aliphatic rings. The quantitative estimate of drug-likeness (QED) is 0.587. The van der Waals surface area contributed by atoms with Gasteiger partial charge in [-0.2, -0.15) is 13.2 Å². The van der Waals surface area contributed by atoms with Crippen molar-refractivity contribution in [2.75, 3.05) is 6.54 Å². The summed E-state index contributed by atoms with van der Waals surface area (Å²) in [5.74, 6) is -0.840. The number of hydrogen-bond acceptors (Lipinski definition) is 4. The lowest BCUT2D eigenvalue weighted by atomic mass is 10.1. The molecule has 0 aliphatic carbocycles. The highest BCUT2D eigenvalue weighted by atomic mass is 32.2. The molecule has 0 radical (unpaired) electrons. The summed E-state index contributed by atoms with van der Waals surface area (Å²) in [6.45, 7) is 0.00680. The fourth-order valence-corrected chi connectivity index (χ4v) is 4.38. The van der Waals surface area contributed by atoms with Crippen LogP contribution in [0.3, 0.4) is 0 Å². The number of hydrogen-bond donors (Lipinski definition) is 1. The van der Waals surface area contributed by atoms with Gasteiger partial charge in [0.05, 0.1) is 11.3 Å². The van der Waals surface area contributed by atoms with Crippen molar-refractivity contribution >= 4 is 21.4 Å². The van der Waals surface area contributed by atoms with Crippen LogP contribution in [0.15, 0.2) is 58.8 Å². The predicted octanol–water partition coefficient (Wildman–Crippen LogP) is 4.49. The highest BCUT2D eigenvalue weighted by molar-refractivity contribution is 7.89. The lowest BCUT2D eigenvalue weighted by molar-refractivity contribution is -0.137. The summed E-state index contributed by atoms with van der Waals surface area (Å²) in [6.07, 6.45) is -4.15. The minimum absolute atomic E-state index is 0.00680. The molecule has 0 unspecified atom stereocenters. The smallest absolute Gasteiger partial charge is 0.241 e. The SMILES string of the molecule is O=S(=O)(NCCc1csc(-c2ccc(C(F)(F)F)cc2)n1)c1ccccc1F. The van der Waals surface area contributed by atoms with Crippen LogP contribution in [0.5, 0.6) is 0 Å². The topological polar surface area (TPSA) is 59.1 Å². The fourth-order valence-electron chi connectivity index (χ4n) is 2.41. The molecule has 3 rings (SSSR count). The average Bonchev–Trinajstić information content (AvgIpc) is 3.10. The summed E-state index contributed by atoms with van der Waals surface area (Å²) in [5, 5.41) is 2.23. The Morgan fingerprint density at radius 2 is 1.71 bits per heavy atom. The highest BCUT2D eigenvalue weighted by Gasteiger charge is 2.30. The van der Waals surface area contributed by atoms with Gasteiger partial charge in [0.25, 0.3) is 0 Å². The van der Waals surface area contributed by atoms with E-state index in [-0.39, 0.29) is 13.0 Å². The number of thiazole rings is 1. The molecule has 28 heavy (non-hydrogen) atoms. The molecule has 0 saturated carbocycles. The van der Waals surface area contributed by atoms with Crippen molar-refractivity contribution in [2.45, 2.75) is 17.5 Å². The molecule has 148 valence electrons. The van der Waals surface area contributed by atoms with Gasteiger partial charge in [-0.15, -0.1) is 11.3 Å². The first-order chi connectivity index (χ1) is 13.2. The third kappa shape index (κ3) is 4.75. The van der Waals surface area contributed by atoms with E-state index >= 15 is 0 Å². The number of alkyl halides is 3. The Morgan fingerprint density at radius 1 is 1.04 bits per heavy atom. The highest BCUT2D eigenvalue weighted by Crippen LogP contribution is 2.31. The van der Waals surface area contributed by atoms with Gasteiger partial charge in [0, 0.05) is 23.9 Å². The zero-order valence-electron chi connectivity index (χ0n) is 14.2. The van der Waals surface area contributed by atoms with Gasteiger partial charge in [0.1, 0.15) is 15.7 Å². The fraction of sp³-hybridized carbons (Fsp3) is 0.167. The zero-order chi connectivity index (χ0) is 20.4. The molecule has 1 N–H and O–H groups in total. The number of halogens is 4. The van der Waals surface area contributed by atoms with Crippen LogP contribution in [0.25, 0.3) is 10.6 Å². The Hall–Kier alpha value is -2.30. The van der Waals surface area contributed by atoms with Gasteiger partial charge in [0.2, 0.25) is 10.0 Å². The molecule has 1 aromatic heterocycles. The predicted molar refractivity (Wildman–Crippen MR) is 97.8 cm³/mol. The van der Waals surface area contributed by atoms with Crippen molar-refractivity contribution in [1.82, 2.24) is 9.71 Å². The maximum Gasteiger partial charge on any atom is 0.416 e. The molecule has 3 aromatic rings. The summed E-state index contributed by atoms with van der Waals surface area (Å²) >= 11 is 1.24. The first kappa shape index (κ1) is 20.4. The summed E-state index contributed by atoms with van der Waals surface area (Å²) in [6, 6.07) is 9.70. The summed E-state index contributed by atoms with van der Waals surface area (Å²) in [5.41, 5.74) is 0.378. The van der Waals surface area contributed by atoms with Gasteiger partial charge >= 0.3 is 6.18 Å². The third-order valence-electron chi connectivity index (χ3n) is 3.81. The third-order valence-corrected chi connectivity index (χ3v) is 6.24. The standard InChI is InChI=1S/C18H14F4N2O2S2/c19-15-3-1-2-4-16(15)28(25,26)23-10-9-14-11-27-17(24-14)12-5-7-13(8-6-12)18(20,21)22/h1-8,11,23H,9-10H2. The van der Waals surface area contributed by atoms with E-state index < -0.39 is 32.5 Å².